The predicted molar refractivity (Wildman–Crippen MR) is 68.2 cm³/mol. The van der Waals surface area contributed by atoms with Crippen molar-refractivity contribution in [3.05, 3.63) is 54.1 Å². The normalized spacial score (nSPS) is 9.89. The van der Waals surface area contributed by atoms with Crippen LogP contribution in [0.2, 0.25) is 0 Å². The van der Waals surface area contributed by atoms with E-state index in [1.807, 2.05) is 26.4 Å². The van der Waals surface area contributed by atoms with Gasteiger partial charge in [-0.1, -0.05) is 24.6 Å². The first-order chi connectivity index (χ1) is 8.47. The van der Waals surface area contributed by atoms with Crippen molar-refractivity contribution < 1.29 is 31.5 Å². The van der Waals surface area contributed by atoms with E-state index in [0.29, 0.717) is 0 Å². The van der Waals surface area contributed by atoms with Crippen molar-refractivity contribution in [1.82, 2.24) is 0 Å². The number of carbonyl (C=O) groups is 3. The van der Waals surface area contributed by atoms with Crippen LogP contribution in [-0.4, -0.2) is 20.4 Å². The maximum Gasteiger partial charge on any atom is 0.106 e. The molecule has 4 heteroatoms. The summed E-state index contributed by atoms with van der Waals surface area (Å²) in [6.45, 7) is 6.00. The Kier molecular flexibility index (Phi) is 21.1. The number of allylic oxidation sites excluding steroid dienone is 4. The Bertz CT molecular complexity index is 343. The summed E-state index contributed by atoms with van der Waals surface area (Å²) in [6, 6.07) is 10.4. The molecule has 3 nitrogen and oxygen atoms in total. The van der Waals surface area contributed by atoms with Crippen molar-refractivity contribution in [3.63, 3.8) is 0 Å². The third-order valence-electron chi connectivity index (χ3n) is 1.78. The summed E-state index contributed by atoms with van der Waals surface area (Å²) < 4.78 is 0. The van der Waals surface area contributed by atoms with Gasteiger partial charge >= 0.3 is 0 Å². The average Bonchev–Trinajstić information content (AvgIpc) is 3.01. The number of benzene rings is 1. The molecule has 1 radical (unpaired) electrons. The van der Waals surface area contributed by atoms with Gasteiger partial charge in [-0.25, -0.2) is 0 Å². The first-order valence-electron chi connectivity index (χ1n) is 4.66. The van der Waals surface area contributed by atoms with E-state index < -0.39 is 0 Å². The molecule has 0 heterocycles. The van der Waals surface area contributed by atoms with Crippen LogP contribution in [0.4, 0.5) is 0 Å². The van der Waals surface area contributed by atoms with Crippen LogP contribution in [0.25, 0.3) is 5.57 Å². The van der Waals surface area contributed by atoms with Gasteiger partial charge in [0.25, 0.3) is 0 Å². The van der Waals surface area contributed by atoms with Crippen molar-refractivity contribution in [1.29, 1.82) is 0 Å². The topological polar surface area (TPSA) is 51.2 Å². The zero-order valence-electron chi connectivity index (χ0n) is 9.97. The maximum absolute atomic E-state index is 8.00. The molecule has 0 fully saturated rings. The van der Waals surface area contributed by atoms with Gasteiger partial charge in [-0.3, -0.25) is 0 Å². The molecule has 97 valence electrons. The van der Waals surface area contributed by atoms with E-state index in [-0.39, 0.29) is 17.1 Å². The van der Waals surface area contributed by atoms with Crippen LogP contribution in [-0.2, 0) is 31.5 Å². The minimum atomic E-state index is 0. The molecule has 0 spiro atoms. The summed E-state index contributed by atoms with van der Waals surface area (Å²) in [5.74, 6) is 0. The molecule has 0 N–H and O–H groups in total. The fourth-order valence-corrected chi connectivity index (χ4v) is 1.22. The number of hydrogen-bond donors (Lipinski definition) is 0. The number of carbonyl (C=O) groups excluding carboxylic acids is 3. The second-order valence-electron chi connectivity index (χ2n) is 2.56. The van der Waals surface area contributed by atoms with Crippen LogP contribution >= 0.6 is 0 Å². The van der Waals surface area contributed by atoms with E-state index >= 15 is 0 Å². The van der Waals surface area contributed by atoms with Gasteiger partial charge in [-0.2, -0.15) is 17.7 Å². The van der Waals surface area contributed by atoms with Crippen LogP contribution in [0.3, 0.4) is 0 Å². The van der Waals surface area contributed by atoms with Gasteiger partial charge in [-0.15, -0.1) is 23.8 Å². The van der Waals surface area contributed by atoms with Crippen molar-refractivity contribution >= 4 is 25.9 Å². The van der Waals surface area contributed by atoms with Gasteiger partial charge in [0.2, 0.25) is 0 Å². The summed E-state index contributed by atoms with van der Waals surface area (Å²) >= 11 is 0. The van der Waals surface area contributed by atoms with Gasteiger partial charge in [0.05, 0.1) is 0 Å². The molecular formula is C14H15MnO3-. The maximum atomic E-state index is 8.00. The minimum Gasteiger partial charge on any atom is -0.307 e. The molecular weight excluding hydrogens is 271 g/mol. The molecule has 0 bridgehead atoms. The molecule has 0 unspecified atom stereocenters. The molecule has 1 aliphatic carbocycles. The molecule has 0 aromatic heterocycles. The van der Waals surface area contributed by atoms with Gasteiger partial charge < -0.3 is 14.4 Å². The molecule has 1 aromatic carbocycles. The fourth-order valence-electron chi connectivity index (χ4n) is 1.22. The van der Waals surface area contributed by atoms with Gasteiger partial charge in [0.1, 0.15) is 20.4 Å². The summed E-state index contributed by atoms with van der Waals surface area (Å²) in [5.41, 5.74) is 2.49. The predicted octanol–water partition coefficient (Wildman–Crippen LogP) is 2.28. The third-order valence-corrected chi connectivity index (χ3v) is 1.78. The van der Waals surface area contributed by atoms with Crippen LogP contribution in [0.15, 0.2) is 42.5 Å². The Morgan fingerprint density at radius 3 is 1.78 bits per heavy atom. The van der Waals surface area contributed by atoms with E-state index in [1.54, 1.807) is 0 Å². The largest absolute Gasteiger partial charge is 0.307 e. The average molecular weight is 286 g/mol. The quantitative estimate of drug-likeness (QED) is 0.588. The van der Waals surface area contributed by atoms with Crippen molar-refractivity contribution in [2.45, 2.75) is 6.42 Å². The van der Waals surface area contributed by atoms with Gasteiger partial charge in [0.15, 0.2) is 0 Å². The second kappa shape index (κ2) is 17.6. The van der Waals surface area contributed by atoms with E-state index in [2.05, 4.69) is 42.5 Å². The molecule has 0 atom stereocenters. The summed E-state index contributed by atoms with van der Waals surface area (Å²) in [6.07, 6.45) is 8.49. The molecule has 0 saturated carbocycles. The van der Waals surface area contributed by atoms with Crippen LogP contribution in [0.1, 0.15) is 12.0 Å². The Labute approximate surface area is 118 Å². The summed E-state index contributed by atoms with van der Waals surface area (Å²) in [7, 11) is 0. The van der Waals surface area contributed by atoms with E-state index in [1.165, 1.54) is 11.1 Å². The smallest absolute Gasteiger partial charge is 0.106 e. The molecule has 0 aliphatic heterocycles. The molecule has 0 amide bonds. The molecule has 1 aliphatic rings. The number of hydrogen-bond acceptors (Lipinski definition) is 3. The van der Waals surface area contributed by atoms with E-state index in [0.717, 1.165) is 6.42 Å². The Morgan fingerprint density at radius 2 is 1.39 bits per heavy atom. The standard InChI is InChI=1S/C11H9.3CH2O.Mn/c1-2-6-10(7-3-1)11-8-4-5-9-11;3*1-2;/h1-4,6-8H,5H2;3*1H2;/q-1;;;;. The van der Waals surface area contributed by atoms with Crippen molar-refractivity contribution in [3.8, 4) is 0 Å². The van der Waals surface area contributed by atoms with E-state index in [4.69, 9.17) is 14.4 Å². The van der Waals surface area contributed by atoms with Crippen LogP contribution in [0, 0.1) is 6.08 Å². The minimum absolute atomic E-state index is 0. The Morgan fingerprint density at radius 1 is 0.889 bits per heavy atom. The van der Waals surface area contributed by atoms with E-state index in [9.17, 15) is 0 Å². The zero-order chi connectivity index (χ0) is 13.5. The first-order valence-corrected chi connectivity index (χ1v) is 4.66. The molecule has 2 rings (SSSR count). The Balaban J connectivity index is -0.000000285. The summed E-state index contributed by atoms with van der Waals surface area (Å²) in [4.78, 5) is 24.0. The fraction of sp³-hybridized carbons (Fsp3) is 0.0714. The second-order valence-corrected chi connectivity index (χ2v) is 2.56. The third kappa shape index (κ3) is 8.39. The van der Waals surface area contributed by atoms with Crippen molar-refractivity contribution in [2.75, 3.05) is 0 Å². The van der Waals surface area contributed by atoms with Crippen LogP contribution < -0.4 is 0 Å². The molecule has 1 aromatic rings. The molecule has 18 heavy (non-hydrogen) atoms. The zero-order valence-corrected chi connectivity index (χ0v) is 11.2. The first kappa shape index (κ1) is 21.5. The van der Waals surface area contributed by atoms with Gasteiger partial charge in [0, 0.05) is 17.1 Å². The SMILES string of the molecule is C=O.C=O.C=O.[C-]1=C(c2ccccc2)C=CC1.[Mn]. The number of rotatable bonds is 1. The molecule has 0 saturated heterocycles. The van der Waals surface area contributed by atoms with Gasteiger partial charge in [-0.05, 0) is 0 Å². The monoisotopic (exact) mass is 286 g/mol. The van der Waals surface area contributed by atoms with Crippen LogP contribution in [0.5, 0.6) is 0 Å². The van der Waals surface area contributed by atoms with Crippen molar-refractivity contribution in [2.24, 2.45) is 0 Å². The summed E-state index contributed by atoms with van der Waals surface area (Å²) in [5, 5.41) is 0. The Hall–Kier alpha value is -1.77.